The largest absolute Gasteiger partial charge is 0.378 e. The van der Waals surface area contributed by atoms with Crippen LogP contribution in [0, 0.1) is 17.8 Å². The van der Waals surface area contributed by atoms with Crippen LogP contribution in [-0.4, -0.2) is 43.2 Å². The molecule has 0 spiro atoms. The predicted octanol–water partition coefficient (Wildman–Crippen LogP) is 1.42. The lowest BCUT2D eigenvalue weighted by atomic mass is 9.65. The molecule has 2 atom stereocenters. The van der Waals surface area contributed by atoms with Gasteiger partial charge in [-0.3, -0.25) is 4.79 Å². The van der Waals surface area contributed by atoms with Gasteiger partial charge in [-0.25, -0.2) is 0 Å². The van der Waals surface area contributed by atoms with E-state index in [0.29, 0.717) is 37.0 Å². The molecule has 4 nitrogen and oxygen atoms in total. The Morgan fingerprint density at radius 3 is 2.26 bits per heavy atom. The Kier molecular flexibility index (Phi) is 5.09. The van der Waals surface area contributed by atoms with Crippen molar-refractivity contribution in [1.29, 1.82) is 0 Å². The maximum Gasteiger partial charge on any atom is 0.225 e. The third-order valence-corrected chi connectivity index (χ3v) is 5.09. The molecule has 1 amide bonds. The van der Waals surface area contributed by atoms with E-state index in [1.165, 1.54) is 19.3 Å². The Bertz CT molecular complexity index is 307. The molecule has 0 aromatic heterocycles. The molecule has 19 heavy (non-hydrogen) atoms. The van der Waals surface area contributed by atoms with Crippen LogP contribution in [-0.2, 0) is 9.53 Å². The number of ether oxygens (including phenoxy) is 1. The molecule has 3 fully saturated rings. The lowest BCUT2D eigenvalue weighted by molar-refractivity contribution is -0.142. The van der Waals surface area contributed by atoms with Crippen LogP contribution in [0.4, 0.5) is 0 Å². The summed E-state index contributed by atoms with van der Waals surface area (Å²) in [5, 5.41) is 0. The van der Waals surface area contributed by atoms with Crippen molar-refractivity contribution in [2.75, 3.05) is 26.3 Å². The zero-order chi connectivity index (χ0) is 12.5. The number of nitrogens with zero attached hydrogens (tertiary/aromatic N) is 1. The van der Waals surface area contributed by atoms with Gasteiger partial charge in [0.25, 0.3) is 0 Å². The maximum absolute atomic E-state index is 12.5. The third kappa shape index (κ3) is 3.06. The lowest BCUT2D eigenvalue weighted by Gasteiger charge is -2.44. The van der Waals surface area contributed by atoms with Crippen LogP contribution in [0.3, 0.4) is 0 Å². The molecule has 3 aliphatic rings. The predicted molar refractivity (Wildman–Crippen MR) is 76.2 cm³/mol. The average molecular weight is 289 g/mol. The summed E-state index contributed by atoms with van der Waals surface area (Å²) in [6.07, 6.45) is 5.80. The summed E-state index contributed by atoms with van der Waals surface area (Å²) >= 11 is 0. The van der Waals surface area contributed by atoms with E-state index in [1.807, 2.05) is 4.90 Å². The molecule has 1 saturated heterocycles. The molecule has 0 aromatic rings. The number of morpholine rings is 1. The van der Waals surface area contributed by atoms with Crippen LogP contribution in [0.25, 0.3) is 0 Å². The van der Waals surface area contributed by atoms with Crippen LogP contribution in [0.1, 0.15) is 32.1 Å². The Hall–Kier alpha value is -0.320. The Morgan fingerprint density at radius 1 is 1.11 bits per heavy atom. The molecule has 0 aromatic carbocycles. The summed E-state index contributed by atoms with van der Waals surface area (Å²) < 4.78 is 5.31. The number of carbonyl (C=O) groups is 1. The maximum atomic E-state index is 12.5. The van der Waals surface area contributed by atoms with E-state index in [4.69, 9.17) is 10.5 Å². The van der Waals surface area contributed by atoms with Crippen LogP contribution >= 0.6 is 12.4 Å². The normalized spacial score (nSPS) is 38.5. The zero-order valence-corrected chi connectivity index (χ0v) is 12.2. The van der Waals surface area contributed by atoms with E-state index >= 15 is 0 Å². The van der Waals surface area contributed by atoms with Crippen molar-refractivity contribution < 1.29 is 9.53 Å². The molecule has 1 heterocycles. The first kappa shape index (κ1) is 15.1. The highest BCUT2D eigenvalue weighted by atomic mass is 35.5. The number of amides is 1. The Labute approximate surface area is 121 Å². The molecule has 2 saturated carbocycles. The second-order valence-corrected chi connectivity index (χ2v) is 6.13. The number of halogens is 1. The molecule has 1 aliphatic heterocycles. The van der Waals surface area contributed by atoms with Crippen molar-refractivity contribution in [2.45, 2.75) is 38.1 Å². The van der Waals surface area contributed by atoms with E-state index in [1.54, 1.807) is 0 Å². The second-order valence-electron chi connectivity index (χ2n) is 6.13. The Balaban J connectivity index is 0.00000133. The average Bonchev–Trinajstić information content (AvgIpc) is 2.38. The van der Waals surface area contributed by atoms with Crippen molar-refractivity contribution in [1.82, 2.24) is 4.90 Å². The monoisotopic (exact) mass is 288 g/mol. The lowest BCUT2D eigenvalue weighted by Crippen LogP contribution is -2.51. The molecule has 3 rings (SSSR count). The highest BCUT2D eigenvalue weighted by Gasteiger charge is 2.41. The molecule has 5 heteroatoms. The van der Waals surface area contributed by atoms with Crippen molar-refractivity contribution in [3.05, 3.63) is 0 Å². The summed E-state index contributed by atoms with van der Waals surface area (Å²) in [6, 6.07) is 0.354. The molecule has 110 valence electrons. The number of rotatable bonds is 1. The third-order valence-electron chi connectivity index (χ3n) is 5.09. The quantitative estimate of drug-likeness (QED) is 0.794. The molecule has 0 radical (unpaired) electrons. The smallest absolute Gasteiger partial charge is 0.225 e. The van der Waals surface area contributed by atoms with Gasteiger partial charge in [-0.05, 0) is 37.5 Å². The van der Waals surface area contributed by atoms with Gasteiger partial charge in [-0.15, -0.1) is 12.4 Å². The standard InChI is InChI=1S/C14H24N2O2.ClH/c15-13-10-2-1-3-11(13)9-12(8-10)14(17)16-4-6-18-7-5-16;/h10-13H,1-9,15H2;1H. The minimum Gasteiger partial charge on any atom is -0.378 e. The van der Waals surface area contributed by atoms with Gasteiger partial charge < -0.3 is 15.4 Å². The van der Waals surface area contributed by atoms with Crippen molar-refractivity contribution in [3.63, 3.8) is 0 Å². The molecule has 2 bridgehead atoms. The minimum absolute atomic E-state index is 0. The SMILES string of the molecule is Cl.NC1C2CCCC1CC(C(=O)N1CCOCC1)C2. The van der Waals surface area contributed by atoms with Gasteiger partial charge in [0.05, 0.1) is 13.2 Å². The molecular formula is C14H25ClN2O2. The number of carbonyl (C=O) groups excluding carboxylic acids is 1. The number of fused-ring (bicyclic) bond motifs is 2. The van der Waals surface area contributed by atoms with Gasteiger partial charge in [0.1, 0.15) is 0 Å². The highest BCUT2D eigenvalue weighted by molar-refractivity contribution is 5.85. The minimum atomic E-state index is 0. The Morgan fingerprint density at radius 2 is 1.68 bits per heavy atom. The van der Waals surface area contributed by atoms with Crippen molar-refractivity contribution >= 4 is 18.3 Å². The van der Waals surface area contributed by atoms with Crippen molar-refractivity contribution in [3.8, 4) is 0 Å². The van der Waals surface area contributed by atoms with Gasteiger partial charge in [0, 0.05) is 25.0 Å². The van der Waals surface area contributed by atoms with Crippen LogP contribution < -0.4 is 5.73 Å². The summed E-state index contributed by atoms with van der Waals surface area (Å²) in [5.41, 5.74) is 6.28. The molecule has 2 aliphatic carbocycles. The fourth-order valence-corrected chi connectivity index (χ4v) is 4.03. The van der Waals surface area contributed by atoms with Gasteiger partial charge >= 0.3 is 0 Å². The van der Waals surface area contributed by atoms with E-state index < -0.39 is 0 Å². The number of nitrogens with two attached hydrogens (primary N) is 1. The first-order valence-electron chi connectivity index (χ1n) is 7.38. The van der Waals surface area contributed by atoms with Crippen LogP contribution in [0.5, 0.6) is 0 Å². The summed E-state index contributed by atoms with van der Waals surface area (Å²) in [6.45, 7) is 2.95. The van der Waals surface area contributed by atoms with Gasteiger partial charge in [0.2, 0.25) is 5.91 Å². The highest BCUT2D eigenvalue weighted by Crippen LogP contribution is 2.42. The summed E-state index contributed by atoms with van der Waals surface area (Å²) in [5.74, 6) is 1.78. The van der Waals surface area contributed by atoms with Crippen molar-refractivity contribution in [2.24, 2.45) is 23.5 Å². The van der Waals surface area contributed by atoms with Gasteiger partial charge in [0.15, 0.2) is 0 Å². The second kappa shape index (κ2) is 6.42. The fraction of sp³-hybridized carbons (Fsp3) is 0.929. The molecular weight excluding hydrogens is 264 g/mol. The zero-order valence-electron chi connectivity index (χ0n) is 11.4. The van der Waals surface area contributed by atoms with Gasteiger partial charge in [-0.2, -0.15) is 0 Å². The van der Waals surface area contributed by atoms with Crippen LogP contribution in [0.15, 0.2) is 0 Å². The first-order chi connectivity index (χ1) is 8.75. The summed E-state index contributed by atoms with van der Waals surface area (Å²) in [7, 11) is 0. The van der Waals surface area contributed by atoms with E-state index in [0.717, 1.165) is 25.9 Å². The summed E-state index contributed by atoms with van der Waals surface area (Å²) in [4.78, 5) is 14.5. The van der Waals surface area contributed by atoms with E-state index in [-0.39, 0.29) is 18.3 Å². The van der Waals surface area contributed by atoms with Gasteiger partial charge in [-0.1, -0.05) is 6.42 Å². The topological polar surface area (TPSA) is 55.6 Å². The van der Waals surface area contributed by atoms with Crippen LogP contribution in [0.2, 0.25) is 0 Å². The van der Waals surface area contributed by atoms with E-state index in [9.17, 15) is 4.79 Å². The first-order valence-corrected chi connectivity index (χ1v) is 7.38. The van der Waals surface area contributed by atoms with E-state index in [2.05, 4.69) is 0 Å². The number of hydrogen-bond donors (Lipinski definition) is 1. The molecule has 2 unspecified atom stereocenters. The number of hydrogen-bond acceptors (Lipinski definition) is 3. The molecule has 2 N–H and O–H groups in total. The fourth-order valence-electron chi connectivity index (χ4n) is 4.03.